The monoisotopic (exact) mass is 414 g/mol. The number of fused-ring (bicyclic) bond motifs is 1. The number of amides is 1. The van der Waals surface area contributed by atoms with Crippen molar-refractivity contribution in [2.24, 2.45) is 0 Å². The highest BCUT2D eigenvalue weighted by atomic mass is 16.2. The molecule has 1 amide bonds. The van der Waals surface area contributed by atoms with Crippen molar-refractivity contribution in [3.05, 3.63) is 144 Å². The number of nitrogens with zero attached hydrogens (tertiary/aromatic N) is 2. The second kappa shape index (κ2) is 8.86. The highest BCUT2D eigenvalue weighted by molar-refractivity contribution is 6.07. The van der Waals surface area contributed by atoms with Gasteiger partial charge in [0.25, 0.3) is 5.91 Å². The van der Waals surface area contributed by atoms with Crippen molar-refractivity contribution in [3.8, 4) is 0 Å². The van der Waals surface area contributed by atoms with E-state index in [1.165, 1.54) is 0 Å². The molecule has 0 fully saturated rings. The minimum Gasteiger partial charge on any atom is -0.295 e. The lowest BCUT2D eigenvalue weighted by atomic mass is 9.95. The quantitative estimate of drug-likeness (QED) is 0.322. The molecule has 0 aliphatic rings. The van der Waals surface area contributed by atoms with Crippen LogP contribution >= 0.6 is 0 Å². The summed E-state index contributed by atoms with van der Waals surface area (Å²) < 4.78 is 0. The van der Waals surface area contributed by atoms with Crippen molar-refractivity contribution in [1.82, 2.24) is 4.98 Å². The summed E-state index contributed by atoms with van der Waals surface area (Å²) in [4.78, 5) is 20.6. The summed E-state index contributed by atoms with van der Waals surface area (Å²) in [7, 11) is 0. The van der Waals surface area contributed by atoms with Gasteiger partial charge in [-0.15, -0.1) is 0 Å². The molecular weight excluding hydrogens is 392 g/mol. The van der Waals surface area contributed by atoms with E-state index in [0.29, 0.717) is 5.56 Å². The van der Waals surface area contributed by atoms with E-state index in [1.54, 1.807) is 0 Å². The zero-order valence-electron chi connectivity index (χ0n) is 17.5. The Bertz CT molecular complexity index is 1330. The smallest absolute Gasteiger partial charge is 0.259 e. The summed E-state index contributed by atoms with van der Waals surface area (Å²) in [6.07, 6.45) is 1.82. The Balaban J connectivity index is 1.78. The fourth-order valence-electron chi connectivity index (χ4n) is 4.12. The van der Waals surface area contributed by atoms with E-state index in [-0.39, 0.29) is 5.91 Å². The van der Waals surface area contributed by atoms with E-state index in [2.05, 4.69) is 24.3 Å². The van der Waals surface area contributed by atoms with Crippen molar-refractivity contribution in [2.75, 3.05) is 4.90 Å². The summed E-state index contributed by atoms with van der Waals surface area (Å²) in [5.74, 6) is -0.0691. The fourth-order valence-corrected chi connectivity index (χ4v) is 4.12. The highest BCUT2D eigenvalue weighted by Crippen LogP contribution is 2.36. The lowest BCUT2D eigenvalue weighted by molar-refractivity contribution is 0.0980. The van der Waals surface area contributed by atoms with Crippen LogP contribution in [-0.4, -0.2) is 10.9 Å². The highest BCUT2D eigenvalue weighted by Gasteiger charge is 2.31. The summed E-state index contributed by atoms with van der Waals surface area (Å²) >= 11 is 0. The maximum atomic E-state index is 14.0. The number of hydrogen-bond acceptors (Lipinski definition) is 2. The van der Waals surface area contributed by atoms with Gasteiger partial charge in [-0.2, -0.15) is 0 Å². The number of anilines is 1. The first-order valence-corrected chi connectivity index (χ1v) is 10.7. The van der Waals surface area contributed by atoms with Gasteiger partial charge >= 0.3 is 0 Å². The van der Waals surface area contributed by atoms with E-state index in [0.717, 1.165) is 27.7 Å². The van der Waals surface area contributed by atoms with Crippen LogP contribution in [0.1, 0.15) is 27.7 Å². The van der Waals surface area contributed by atoms with Crippen LogP contribution in [0.3, 0.4) is 0 Å². The molecular formula is C29H22N2O. The van der Waals surface area contributed by atoms with Crippen LogP contribution < -0.4 is 4.90 Å². The topological polar surface area (TPSA) is 33.2 Å². The summed E-state index contributed by atoms with van der Waals surface area (Å²) in [5.41, 5.74) is 3.31. The number of carbonyl (C=O) groups is 1. The van der Waals surface area contributed by atoms with Crippen LogP contribution in [0.5, 0.6) is 0 Å². The number of aromatic nitrogens is 1. The molecule has 4 aromatic carbocycles. The summed E-state index contributed by atoms with van der Waals surface area (Å²) in [6.45, 7) is 0. The van der Waals surface area contributed by atoms with Crippen LogP contribution in [0, 0.1) is 0 Å². The van der Waals surface area contributed by atoms with E-state index >= 15 is 0 Å². The molecule has 0 spiro atoms. The molecule has 5 aromatic rings. The average molecular weight is 415 g/mol. The van der Waals surface area contributed by atoms with E-state index in [1.807, 2.05) is 108 Å². The molecule has 0 aliphatic heterocycles. The third kappa shape index (κ3) is 3.77. The maximum Gasteiger partial charge on any atom is 0.259 e. The molecule has 0 bridgehead atoms. The second-order valence-corrected chi connectivity index (χ2v) is 7.61. The molecule has 0 N–H and O–H groups in total. The van der Waals surface area contributed by atoms with Crippen molar-refractivity contribution >= 4 is 22.4 Å². The first-order valence-electron chi connectivity index (χ1n) is 10.7. The first-order chi connectivity index (χ1) is 15.8. The zero-order valence-corrected chi connectivity index (χ0v) is 17.5. The van der Waals surface area contributed by atoms with Gasteiger partial charge in [0.15, 0.2) is 0 Å². The average Bonchev–Trinajstić information content (AvgIpc) is 2.88. The third-order valence-corrected chi connectivity index (χ3v) is 5.61. The van der Waals surface area contributed by atoms with Gasteiger partial charge in [0.2, 0.25) is 0 Å². The molecule has 3 nitrogen and oxygen atoms in total. The second-order valence-electron chi connectivity index (χ2n) is 7.61. The number of para-hydroxylation sites is 1. The maximum absolute atomic E-state index is 14.0. The molecule has 5 rings (SSSR count). The summed E-state index contributed by atoms with van der Waals surface area (Å²) in [5, 5.41) is 2.13. The normalized spacial score (nSPS) is 11.8. The number of hydrogen-bond donors (Lipinski definition) is 0. The van der Waals surface area contributed by atoms with Gasteiger partial charge in [-0.3, -0.25) is 14.7 Å². The standard InChI is InChI=1S/C29H22N2O/c32-29(24-15-6-2-7-16-24)31(25-17-8-3-9-18-25)28(23-13-4-1-5-14-23)27-26-19-11-10-12-22(26)20-21-30-27/h1-21,28H. The third-order valence-electron chi connectivity index (χ3n) is 5.61. The van der Waals surface area contributed by atoms with Gasteiger partial charge < -0.3 is 0 Å². The van der Waals surface area contributed by atoms with Crippen molar-refractivity contribution in [2.45, 2.75) is 6.04 Å². The number of rotatable bonds is 5. The fraction of sp³-hybridized carbons (Fsp3) is 0.0345. The zero-order chi connectivity index (χ0) is 21.8. The Morgan fingerprint density at radius 1 is 0.656 bits per heavy atom. The molecule has 1 unspecified atom stereocenters. The van der Waals surface area contributed by atoms with Crippen LogP contribution in [0.15, 0.2) is 128 Å². The number of carbonyl (C=O) groups excluding carboxylic acids is 1. The first kappa shape index (κ1) is 19.7. The molecule has 0 saturated heterocycles. The lowest BCUT2D eigenvalue weighted by Gasteiger charge is -2.33. The Morgan fingerprint density at radius 2 is 1.25 bits per heavy atom. The van der Waals surface area contributed by atoms with Gasteiger partial charge in [0.05, 0.1) is 5.69 Å². The molecule has 0 radical (unpaired) electrons. The minimum atomic E-state index is -0.391. The van der Waals surface area contributed by atoms with Crippen LogP contribution in [-0.2, 0) is 0 Å². The summed E-state index contributed by atoms with van der Waals surface area (Å²) in [6, 6.07) is 39.2. The van der Waals surface area contributed by atoms with Crippen LogP contribution in [0.2, 0.25) is 0 Å². The molecule has 0 saturated carbocycles. The Hall–Kier alpha value is -4.24. The Labute approximate surface area is 187 Å². The molecule has 1 atom stereocenters. The van der Waals surface area contributed by atoms with Crippen molar-refractivity contribution in [1.29, 1.82) is 0 Å². The Kier molecular flexibility index (Phi) is 5.46. The number of benzene rings is 4. The van der Waals surface area contributed by atoms with E-state index in [9.17, 15) is 4.79 Å². The predicted octanol–water partition coefficient (Wildman–Crippen LogP) is 6.67. The van der Waals surface area contributed by atoms with Crippen LogP contribution in [0.25, 0.3) is 10.8 Å². The van der Waals surface area contributed by atoms with Crippen LogP contribution in [0.4, 0.5) is 5.69 Å². The molecule has 1 aromatic heterocycles. The SMILES string of the molecule is O=C(c1ccccc1)N(c1ccccc1)C(c1ccccc1)c1nccc2ccccc12. The van der Waals surface area contributed by atoms with Crippen molar-refractivity contribution < 1.29 is 4.79 Å². The van der Waals surface area contributed by atoms with Crippen molar-refractivity contribution in [3.63, 3.8) is 0 Å². The molecule has 1 heterocycles. The molecule has 0 aliphatic carbocycles. The Morgan fingerprint density at radius 3 is 1.97 bits per heavy atom. The lowest BCUT2D eigenvalue weighted by Crippen LogP contribution is -2.36. The van der Waals surface area contributed by atoms with Gasteiger partial charge in [-0.25, -0.2) is 0 Å². The van der Waals surface area contributed by atoms with Gasteiger partial charge in [0, 0.05) is 22.8 Å². The molecule has 3 heteroatoms. The minimum absolute atomic E-state index is 0.0691. The van der Waals surface area contributed by atoms with Gasteiger partial charge in [-0.05, 0) is 41.3 Å². The van der Waals surface area contributed by atoms with Gasteiger partial charge in [-0.1, -0.05) is 91.0 Å². The van der Waals surface area contributed by atoms with E-state index < -0.39 is 6.04 Å². The molecule has 154 valence electrons. The van der Waals surface area contributed by atoms with E-state index in [4.69, 9.17) is 4.98 Å². The molecule has 32 heavy (non-hydrogen) atoms. The largest absolute Gasteiger partial charge is 0.295 e. The predicted molar refractivity (Wildman–Crippen MR) is 130 cm³/mol. The van der Waals surface area contributed by atoms with Gasteiger partial charge in [0.1, 0.15) is 6.04 Å². The number of pyridine rings is 1.